The highest BCUT2D eigenvalue weighted by atomic mass is 35.5. The van der Waals surface area contributed by atoms with Crippen LogP contribution in [0.2, 0.25) is 5.02 Å². The molecule has 28 heavy (non-hydrogen) atoms. The second-order valence-electron chi connectivity index (χ2n) is 6.62. The summed E-state index contributed by atoms with van der Waals surface area (Å²) in [7, 11) is 0. The summed E-state index contributed by atoms with van der Waals surface area (Å²) in [5.74, 6) is 0.328. The third kappa shape index (κ3) is 3.25. The molecule has 0 fully saturated rings. The van der Waals surface area contributed by atoms with E-state index in [4.69, 9.17) is 11.6 Å². The molecule has 0 saturated carbocycles. The smallest absolute Gasteiger partial charge is 0.271 e. The zero-order valence-electron chi connectivity index (χ0n) is 15.1. The normalized spacial score (nSPS) is 13.6. The lowest BCUT2D eigenvalue weighted by atomic mass is 10.1. The quantitative estimate of drug-likeness (QED) is 0.525. The highest BCUT2D eigenvalue weighted by molar-refractivity contribution is 6.31. The van der Waals surface area contributed by atoms with E-state index in [1.165, 1.54) is 6.07 Å². The Morgan fingerprint density at radius 2 is 2.11 bits per heavy atom. The maximum Gasteiger partial charge on any atom is 0.271 e. The first-order valence-electron chi connectivity index (χ1n) is 8.81. The Labute approximate surface area is 165 Å². The molecule has 4 rings (SSSR count). The molecule has 2 aromatic carbocycles. The minimum absolute atomic E-state index is 0.0177. The van der Waals surface area contributed by atoms with Crippen LogP contribution in [-0.2, 0) is 13.0 Å². The van der Waals surface area contributed by atoms with Crippen LogP contribution in [0.15, 0.2) is 46.3 Å². The fourth-order valence-corrected chi connectivity index (χ4v) is 3.45. The molecule has 7 nitrogen and oxygen atoms in total. The van der Waals surface area contributed by atoms with Crippen LogP contribution < -0.4 is 11.0 Å². The minimum atomic E-state index is -0.440. The Kier molecular flexibility index (Phi) is 4.60. The number of halogens is 1. The molecule has 0 saturated heterocycles. The van der Waals surface area contributed by atoms with Gasteiger partial charge in [-0.3, -0.25) is 14.2 Å². The average Bonchev–Trinajstić information content (AvgIpc) is 3.16. The van der Waals surface area contributed by atoms with E-state index in [1.807, 2.05) is 0 Å². The summed E-state index contributed by atoms with van der Waals surface area (Å²) >= 11 is 5.94. The number of hydrogen-bond donors (Lipinski definition) is 2. The number of aromatic nitrogens is 2. The van der Waals surface area contributed by atoms with Crippen molar-refractivity contribution >= 4 is 34.1 Å². The van der Waals surface area contributed by atoms with Crippen molar-refractivity contribution in [3.8, 4) is 5.75 Å². The van der Waals surface area contributed by atoms with Crippen molar-refractivity contribution in [1.29, 1.82) is 0 Å². The first-order valence-corrected chi connectivity index (χ1v) is 9.19. The van der Waals surface area contributed by atoms with Gasteiger partial charge in [-0.1, -0.05) is 11.6 Å². The summed E-state index contributed by atoms with van der Waals surface area (Å²) in [6, 6.07) is 9.37. The van der Waals surface area contributed by atoms with E-state index in [2.05, 4.69) is 15.5 Å². The molecule has 8 heteroatoms. The number of carbonyl (C=O) groups is 1. The Hall–Kier alpha value is -3.19. The Morgan fingerprint density at radius 3 is 2.93 bits per heavy atom. The summed E-state index contributed by atoms with van der Waals surface area (Å²) in [6.45, 7) is 2.33. The molecule has 1 aromatic heterocycles. The molecular weight excluding hydrogens is 380 g/mol. The SMILES string of the molecule is C/C(=N\NC(=O)c1ccc2c(=O)n3c(nc2c1)CCC3)c1cc(Cl)ccc1O. The lowest BCUT2D eigenvalue weighted by Crippen LogP contribution is -2.22. The lowest BCUT2D eigenvalue weighted by molar-refractivity contribution is 0.0955. The van der Waals surface area contributed by atoms with Crippen molar-refractivity contribution in [2.75, 3.05) is 0 Å². The molecule has 1 aliphatic heterocycles. The Balaban J connectivity index is 1.61. The van der Waals surface area contributed by atoms with Gasteiger partial charge in [0.25, 0.3) is 11.5 Å². The molecule has 3 aromatic rings. The van der Waals surface area contributed by atoms with Crippen LogP contribution in [0.3, 0.4) is 0 Å². The molecule has 1 amide bonds. The number of phenolic OH excluding ortho intramolecular Hbond substituents is 1. The van der Waals surface area contributed by atoms with E-state index >= 15 is 0 Å². The first kappa shape index (κ1) is 18.2. The number of hydrazone groups is 1. The van der Waals surface area contributed by atoms with Crippen molar-refractivity contribution < 1.29 is 9.90 Å². The number of carbonyl (C=O) groups excluding carboxylic acids is 1. The van der Waals surface area contributed by atoms with E-state index in [1.54, 1.807) is 41.8 Å². The predicted molar refractivity (Wildman–Crippen MR) is 107 cm³/mol. The number of nitrogens with one attached hydrogen (secondary N) is 1. The Morgan fingerprint density at radius 1 is 1.29 bits per heavy atom. The molecule has 0 aliphatic carbocycles. The van der Waals surface area contributed by atoms with Crippen molar-refractivity contribution in [3.63, 3.8) is 0 Å². The van der Waals surface area contributed by atoms with Gasteiger partial charge in [-0.05, 0) is 49.7 Å². The molecule has 0 bridgehead atoms. The fourth-order valence-electron chi connectivity index (χ4n) is 3.28. The van der Waals surface area contributed by atoms with Gasteiger partial charge in [-0.25, -0.2) is 10.4 Å². The molecule has 0 spiro atoms. The van der Waals surface area contributed by atoms with E-state index in [9.17, 15) is 14.7 Å². The number of benzene rings is 2. The number of aryl methyl sites for hydroxylation is 1. The van der Waals surface area contributed by atoms with Crippen LogP contribution in [-0.4, -0.2) is 26.3 Å². The van der Waals surface area contributed by atoms with Gasteiger partial charge in [0, 0.05) is 29.1 Å². The van der Waals surface area contributed by atoms with Gasteiger partial charge in [0.2, 0.25) is 0 Å². The van der Waals surface area contributed by atoms with Gasteiger partial charge in [0.1, 0.15) is 11.6 Å². The molecule has 0 unspecified atom stereocenters. The zero-order valence-corrected chi connectivity index (χ0v) is 15.8. The van der Waals surface area contributed by atoms with Crippen LogP contribution in [0.5, 0.6) is 5.75 Å². The summed E-state index contributed by atoms with van der Waals surface area (Å²) in [4.78, 5) is 29.5. The fraction of sp³-hybridized carbons (Fsp3) is 0.200. The largest absolute Gasteiger partial charge is 0.507 e. The lowest BCUT2D eigenvalue weighted by Gasteiger charge is -2.07. The maximum absolute atomic E-state index is 12.5. The predicted octanol–water partition coefficient (Wildman–Crippen LogP) is 2.86. The zero-order chi connectivity index (χ0) is 19.8. The second-order valence-corrected chi connectivity index (χ2v) is 7.06. The van der Waals surface area contributed by atoms with Crippen molar-refractivity contribution in [2.45, 2.75) is 26.3 Å². The number of nitrogens with zero attached hydrogens (tertiary/aromatic N) is 3. The standard InChI is InChI=1S/C20H17ClN4O3/c1-11(15-10-13(21)5-7-17(15)26)23-24-19(27)12-4-6-14-16(9-12)22-18-3-2-8-25(18)20(14)28/h4-7,9-10,26H,2-3,8H2,1H3,(H,24,27)/b23-11+. The molecule has 2 N–H and O–H groups in total. The third-order valence-corrected chi connectivity index (χ3v) is 4.99. The molecule has 142 valence electrons. The van der Waals surface area contributed by atoms with Crippen LogP contribution in [0, 0.1) is 0 Å². The van der Waals surface area contributed by atoms with Crippen LogP contribution in [0.1, 0.15) is 35.1 Å². The molecular formula is C20H17ClN4O3. The van der Waals surface area contributed by atoms with Gasteiger partial charge >= 0.3 is 0 Å². The van der Waals surface area contributed by atoms with E-state index in [0.717, 1.165) is 18.7 Å². The minimum Gasteiger partial charge on any atom is -0.507 e. The molecule has 0 radical (unpaired) electrons. The second kappa shape index (κ2) is 7.09. The van der Waals surface area contributed by atoms with Crippen molar-refractivity contribution in [2.24, 2.45) is 5.10 Å². The maximum atomic E-state index is 12.5. The topological polar surface area (TPSA) is 96.6 Å². The number of fused-ring (bicyclic) bond motifs is 2. The number of amides is 1. The average molecular weight is 397 g/mol. The van der Waals surface area contributed by atoms with Crippen LogP contribution in [0.4, 0.5) is 0 Å². The summed E-state index contributed by atoms with van der Waals surface area (Å²) in [5.41, 5.74) is 4.06. The summed E-state index contributed by atoms with van der Waals surface area (Å²) in [6.07, 6.45) is 1.66. The highest BCUT2D eigenvalue weighted by Crippen LogP contribution is 2.22. The van der Waals surface area contributed by atoms with Gasteiger partial charge < -0.3 is 5.11 Å². The van der Waals surface area contributed by atoms with Gasteiger partial charge in [0.15, 0.2) is 0 Å². The van der Waals surface area contributed by atoms with Gasteiger partial charge in [-0.2, -0.15) is 5.10 Å². The van der Waals surface area contributed by atoms with Gasteiger partial charge in [-0.15, -0.1) is 0 Å². The number of phenols is 1. The summed E-state index contributed by atoms with van der Waals surface area (Å²) < 4.78 is 1.69. The monoisotopic (exact) mass is 396 g/mol. The molecule has 2 heterocycles. The van der Waals surface area contributed by atoms with Crippen LogP contribution >= 0.6 is 11.6 Å². The highest BCUT2D eigenvalue weighted by Gasteiger charge is 2.17. The summed E-state index contributed by atoms with van der Waals surface area (Å²) in [5, 5.41) is 14.9. The third-order valence-electron chi connectivity index (χ3n) is 4.75. The van der Waals surface area contributed by atoms with Crippen molar-refractivity contribution in [1.82, 2.24) is 15.0 Å². The number of rotatable bonds is 3. The van der Waals surface area contributed by atoms with Crippen molar-refractivity contribution in [3.05, 3.63) is 68.7 Å². The number of hydrogen-bond acceptors (Lipinski definition) is 5. The number of aromatic hydroxyl groups is 1. The first-order chi connectivity index (χ1) is 13.4. The molecule has 0 atom stereocenters. The van der Waals surface area contributed by atoms with E-state index < -0.39 is 5.91 Å². The van der Waals surface area contributed by atoms with E-state index in [0.29, 0.717) is 39.3 Å². The Bertz CT molecular complexity index is 1200. The van der Waals surface area contributed by atoms with E-state index in [-0.39, 0.29) is 11.3 Å². The van der Waals surface area contributed by atoms with Crippen LogP contribution in [0.25, 0.3) is 10.9 Å². The van der Waals surface area contributed by atoms with Gasteiger partial charge in [0.05, 0.1) is 16.6 Å². The molecule has 1 aliphatic rings.